The molecule has 1 N–H and O–H groups in total. The predicted molar refractivity (Wildman–Crippen MR) is 86.8 cm³/mol. The lowest BCUT2D eigenvalue weighted by Gasteiger charge is -2.18. The van der Waals surface area contributed by atoms with E-state index in [2.05, 4.69) is 21.7 Å². The van der Waals surface area contributed by atoms with Crippen LogP contribution in [0.2, 0.25) is 0 Å². The predicted octanol–water partition coefficient (Wildman–Crippen LogP) is 2.22. The van der Waals surface area contributed by atoms with E-state index in [1.807, 2.05) is 29.1 Å². The maximum atomic E-state index is 12.4. The third-order valence-electron chi connectivity index (χ3n) is 3.32. The van der Waals surface area contributed by atoms with Gasteiger partial charge in [0, 0.05) is 25.4 Å². The van der Waals surface area contributed by atoms with Crippen LogP contribution < -0.4 is 5.32 Å². The molecule has 0 fully saturated rings. The van der Waals surface area contributed by atoms with Crippen LogP contribution in [0.5, 0.6) is 0 Å². The fourth-order valence-corrected chi connectivity index (χ4v) is 2.67. The van der Waals surface area contributed by atoms with E-state index >= 15 is 0 Å². The fraction of sp³-hybridized carbons (Fsp3) is 0.533. The average molecular weight is 322 g/mol. The highest BCUT2D eigenvalue weighted by molar-refractivity contribution is 7.98. The van der Waals surface area contributed by atoms with E-state index in [9.17, 15) is 4.79 Å². The largest absolute Gasteiger partial charge is 0.354 e. The van der Waals surface area contributed by atoms with Crippen molar-refractivity contribution in [2.75, 3.05) is 18.6 Å². The Labute approximate surface area is 134 Å². The number of nitrogens with zero attached hydrogens (tertiary/aromatic N) is 3. The minimum atomic E-state index is -0.145. The summed E-state index contributed by atoms with van der Waals surface area (Å²) in [6, 6.07) is 3.74. The minimum absolute atomic E-state index is 0.0620. The molecule has 2 heterocycles. The molecule has 0 radical (unpaired) electrons. The second-order valence-electron chi connectivity index (χ2n) is 5.06. The number of rotatable bonds is 9. The van der Waals surface area contributed by atoms with Crippen molar-refractivity contribution in [3.8, 4) is 0 Å². The molecule has 1 amide bonds. The number of amides is 1. The summed E-state index contributed by atoms with van der Waals surface area (Å²) in [6.45, 7) is 2.40. The Balaban J connectivity index is 1.78. The Hall–Kier alpha value is -1.76. The van der Waals surface area contributed by atoms with Crippen molar-refractivity contribution in [3.63, 3.8) is 0 Å². The number of thioether (sulfide) groups is 1. The third-order valence-corrected chi connectivity index (χ3v) is 3.97. The van der Waals surface area contributed by atoms with Crippen molar-refractivity contribution in [1.82, 2.24) is 20.0 Å². The van der Waals surface area contributed by atoms with Crippen LogP contribution in [0, 0.1) is 6.92 Å². The Bertz CT molecular complexity index is 568. The Morgan fingerprint density at radius 2 is 2.23 bits per heavy atom. The highest BCUT2D eigenvalue weighted by Gasteiger charge is 2.18. The van der Waals surface area contributed by atoms with E-state index in [1.165, 1.54) is 0 Å². The van der Waals surface area contributed by atoms with Gasteiger partial charge >= 0.3 is 0 Å². The molecule has 0 spiro atoms. The number of aryl methyl sites for hydroxylation is 2. The summed E-state index contributed by atoms with van der Waals surface area (Å²) >= 11 is 1.75. The minimum Gasteiger partial charge on any atom is -0.354 e. The van der Waals surface area contributed by atoms with E-state index in [0.29, 0.717) is 24.7 Å². The zero-order valence-corrected chi connectivity index (χ0v) is 13.8. The molecule has 0 bridgehead atoms. The third kappa shape index (κ3) is 4.91. The normalized spacial score (nSPS) is 12.3. The summed E-state index contributed by atoms with van der Waals surface area (Å²) in [5.41, 5.74) is 0. The average Bonchev–Trinajstić information content (AvgIpc) is 3.16. The van der Waals surface area contributed by atoms with E-state index in [0.717, 1.165) is 18.6 Å². The maximum Gasteiger partial charge on any atom is 0.243 e. The number of carbonyl (C=O) groups is 1. The molecule has 2 aromatic heterocycles. The first-order valence-corrected chi connectivity index (χ1v) is 8.78. The molecule has 0 aliphatic heterocycles. The van der Waals surface area contributed by atoms with Gasteiger partial charge in [-0.3, -0.25) is 4.79 Å². The number of hydrogen-bond acceptors (Lipinski definition) is 5. The molecule has 22 heavy (non-hydrogen) atoms. The Kier molecular flexibility index (Phi) is 6.51. The lowest BCUT2D eigenvalue weighted by molar-refractivity contribution is -0.124. The lowest BCUT2D eigenvalue weighted by atomic mass is 10.2. The standard InChI is InChI=1S/C15H22N4O2S/c1-12-17-14(21-18-12)6-5-8-16-15(20)13(7-11-22-2)19-9-3-4-10-19/h3-4,9-10,13H,5-8,11H2,1-2H3,(H,16,20). The van der Waals surface area contributed by atoms with Gasteiger partial charge in [-0.2, -0.15) is 16.7 Å². The van der Waals surface area contributed by atoms with Gasteiger partial charge in [0.15, 0.2) is 5.82 Å². The molecule has 0 aliphatic rings. The molecular weight excluding hydrogens is 300 g/mol. The zero-order valence-electron chi connectivity index (χ0n) is 13.0. The molecule has 1 unspecified atom stereocenters. The Morgan fingerprint density at radius 3 is 2.86 bits per heavy atom. The summed E-state index contributed by atoms with van der Waals surface area (Å²) in [6.07, 6.45) is 8.22. The number of hydrogen-bond donors (Lipinski definition) is 1. The monoisotopic (exact) mass is 322 g/mol. The molecule has 2 aromatic rings. The van der Waals surface area contributed by atoms with Gasteiger partial charge in [0.2, 0.25) is 11.8 Å². The van der Waals surface area contributed by atoms with Gasteiger partial charge in [0.1, 0.15) is 6.04 Å². The first-order valence-electron chi connectivity index (χ1n) is 7.39. The quantitative estimate of drug-likeness (QED) is 0.717. The molecule has 0 saturated carbocycles. The van der Waals surface area contributed by atoms with Crippen LogP contribution in [0.1, 0.15) is 30.6 Å². The SMILES string of the molecule is CSCCC(C(=O)NCCCc1nc(C)no1)n1cccc1. The van der Waals surface area contributed by atoms with Crippen LogP contribution in [0.25, 0.3) is 0 Å². The van der Waals surface area contributed by atoms with Crippen LogP contribution in [-0.2, 0) is 11.2 Å². The topological polar surface area (TPSA) is 73.0 Å². The van der Waals surface area contributed by atoms with E-state index in [4.69, 9.17) is 4.52 Å². The molecule has 2 rings (SSSR count). The van der Waals surface area contributed by atoms with Crippen molar-refractivity contribution in [2.45, 2.75) is 32.2 Å². The zero-order chi connectivity index (χ0) is 15.8. The summed E-state index contributed by atoms with van der Waals surface area (Å²) in [5.74, 6) is 2.28. The molecule has 1 atom stereocenters. The number of carbonyl (C=O) groups excluding carboxylic acids is 1. The van der Waals surface area contributed by atoms with Gasteiger partial charge in [-0.1, -0.05) is 5.16 Å². The first-order chi connectivity index (χ1) is 10.7. The van der Waals surface area contributed by atoms with Crippen LogP contribution in [0.4, 0.5) is 0 Å². The Morgan fingerprint density at radius 1 is 1.45 bits per heavy atom. The molecule has 0 aromatic carbocycles. The van der Waals surface area contributed by atoms with Crippen molar-refractivity contribution < 1.29 is 9.32 Å². The van der Waals surface area contributed by atoms with Gasteiger partial charge in [-0.25, -0.2) is 0 Å². The van der Waals surface area contributed by atoms with Crippen LogP contribution in [0.3, 0.4) is 0 Å². The van der Waals surface area contributed by atoms with Crippen molar-refractivity contribution >= 4 is 17.7 Å². The highest BCUT2D eigenvalue weighted by atomic mass is 32.2. The van der Waals surface area contributed by atoms with Gasteiger partial charge < -0.3 is 14.4 Å². The smallest absolute Gasteiger partial charge is 0.243 e. The summed E-state index contributed by atoms with van der Waals surface area (Å²) in [4.78, 5) is 16.5. The second kappa shape index (κ2) is 8.63. The van der Waals surface area contributed by atoms with Gasteiger partial charge in [-0.05, 0) is 43.9 Å². The van der Waals surface area contributed by atoms with E-state index < -0.39 is 0 Å². The van der Waals surface area contributed by atoms with Crippen LogP contribution in [-0.4, -0.2) is 39.2 Å². The van der Waals surface area contributed by atoms with E-state index in [1.54, 1.807) is 18.7 Å². The van der Waals surface area contributed by atoms with Crippen molar-refractivity contribution in [2.24, 2.45) is 0 Å². The van der Waals surface area contributed by atoms with Gasteiger partial charge in [0.25, 0.3) is 0 Å². The number of nitrogens with one attached hydrogen (secondary N) is 1. The van der Waals surface area contributed by atoms with Crippen LogP contribution >= 0.6 is 11.8 Å². The molecule has 7 heteroatoms. The van der Waals surface area contributed by atoms with Crippen LogP contribution in [0.15, 0.2) is 29.0 Å². The lowest BCUT2D eigenvalue weighted by Crippen LogP contribution is -2.33. The van der Waals surface area contributed by atoms with Crippen molar-refractivity contribution in [1.29, 1.82) is 0 Å². The van der Waals surface area contributed by atoms with Crippen molar-refractivity contribution in [3.05, 3.63) is 36.2 Å². The first kappa shape index (κ1) is 16.6. The summed E-state index contributed by atoms with van der Waals surface area (Å²) in [5, 5.41) is 6.75. The highest BCUT2D eigenvalue weighted by Crippen LogP contribution is 2.15. The molecule has 120 valence electrons. The van der Waals surface area contributed by atoms with E-state index in [-0.39, 0.29) is 11.9 Å². The second-order valence-corrected chi connectivity index (χ2v) is 6.04. The molecule has 0 aliphatic carbocycles. The van der Waals surface area contributed by atoms with Gasteiger partial charge in [0.05, 0.1) is 0 Å². The molecule has 6 nitrogen and oxygen atoms in total. The maximum absolute atomic E-state index is 12.4. The molecule has 0 saturated heterocycles. The summed E-state index contributed by atoms with van der Waals surface area (Å²) in [7, 11) is 0. The molecular formula is C15H22N4O2S. The van der Waals surface area contributed by atoms with Gasteiger partial charge in [-0.15, -0.1) is 0 Å². The fourth-order valence-electron chi connectivity index (χ4n) is 2.21. The number of aromatic nitrogens is 3. The summed E-state index contributed by atoms with van der Waals surface area (Å²) < 4.78 is 7.02.